The number of phenolic OH excluding ortho intramolecular Hbond substituents is 1. The van der Waals surface area contributed by atoms with Gasteiger partial charge in [-0.3, -0.25) is 9.59 Å². The lowest BCUT2D eigenvalue weighted by molar-refractivity contribution is -0.126. The van der Waals surface area contributed by atoms with Crippen LogP contribution in [-0.4, -0.2) is 16.9 Å². The summed E-state index contributed by atoms with van der Waals surface area (Å²) in [5.74, 6) is -0.633. The summed E-state index contributed by atoms with van der Waals surface area (Å²) in [6.45, 7) is 3.57. The van der Waals surface area contributed by atoms with Crippen LogP contribution in [-0.2, 0) is 9.59 Å². The van der Waals surface area contributed by atoms with Gasteiger partial charge >= 0.3 is 0 Å². The van der Waals surface area contributed by atoms with Crippen molar-refractivity contribution in [3.05, 3.63) is 59.7 Å². The Morgan fingerprint density at radius 2 is 1.83 bits per heavy atom. The fraction of sp³-hybridized carbons (Fsp3) is 0.222. The van der Waals surface area contributed by atoms with Gasteiger partial charge in [0.15, 0.2) is 0 Å². The molecule has 0 bridgehead atoms. The van der Waals surface area contributed by atoms with Gasteiger partial charge in [-0.05, 0) is 30.2 Å². The van der Waals surface area contributed by atoms with Crippen molar-refractivity contribution in [3.8, 4) is 5.75 Å². The highest BCUT2D eigenvalue weighted by Gasteiger charge is 2.22. The molecule has 2 aromatic rings. The summed E-state index contributed by atoms with van der Waals surface area (Å²) < 4.78 is 0. The standard InChI is InChI=1S/C18H20N2O3/c1-3-16(22)20-17(13-7-5-4-6-8-13)18(23)19-14-10-9-12(2)11-15(14)21/h4-11,17,21H,3H2,1-2H3,(H,19,23)(H,20,22)/t17-/m0/s1. The van der Waals surface area contributed by atoms with Gasteiger partial charge in [0.1, 0.15) is 11.8 Å². The molecule has 1 atom stereocenters. The molecule has 0 aromatic heterocycles. The number of hydrogen-bond acceptors (Lipinski definition) is 3. The number of carbonyl (C=O) groups excluding carboxylic acids is 2. The molecule has 0 aliphatic rings. The molecule has 5 nitrogen and oxygen atoms in total. The average Bonchev–Trinajstić information content (AvgIpc) is 2.55. The smallest absolute Gasteiger partial charge is 0.251 e. The Kier molecular flexibility index (Phi) is 5.36. The van der Waals surface area contributed by atoms with E-state index in [4.69, 9.17) is 0 Å². The topological polar surface area (TPSA) is 78.4 Å². The van der Waals surface area contributed by atoms with Gasteiger partial charge in [-0.2, -0.15) is 0 Å². The van der Waals surface area contributed by atoms with Crippen molar-refractivity contribution in [3.63, 3.8) is 0 Å². The number of carbonyl (C=O) groups is 2. The molecule has 0 fully saturated rings. The molecule has 120 valence electrons. The van der Waals surface area contributed by atoms with E-state index in [1.54, 1.807) is 49.4 Å². The van der Waals surface area contributed by atoms with Crippen LogP contribution in [0.15, 0.2) is 48.5 Å². The molecule has 0 saturated carbocycles. The number of aryl methyl sites for hydroxylation is 1. The molecule has 3 N–H and O–H groups in total. The van der Waals surface area contributed by atoms with Crippen LogP contribution in [0.4, 0.5) is 5.69 Å². The van der Waals surface area contributed by atoms with Gasteiger partial charge in [-0.1, -0.05) is 43.3 Å². The predicted molar refractivity (Wildman–Crippen MR) is 89.1 cm³/mol. The molecule has 0 radical (unpaired) electrons. The monoisotopic (exact) mass is 312 g/mol. The Bertz CT molecular complexity index is 699. The molecule has 0 unspecified atom stereocenters. The summed E-state index contributed by atoms with van der Waals surface area (Å²) in [5, 5.41) is 15.3. The second-order valence-electron chi connectivity index (χ2n) is 5.27. The van der Waals surface area contributed by atoms with Crippen molar-refractivity contribution in [2.24, 2.45) is 0 Å². The summed E-state index contributed by atoms with van der Waals surface area (Å²) in [6.07, 6.45) is 0.284. The van der Waals surface area contributed by atoms with Crippen molar-refractivity contribution in [2.75, 3.05) is 5.32 Å². The molecule has 2 amide bonds. The van der Waals surface area contributed by atoms with Crippen LogP contribution in [0.5, 0.6) is 5.75 Å². The number of aromatic hydroxyl groups is 1. The first-order chi connectivity index (χ1) is 11.0. The van der Waals surface area contributed by atoms with E-state index in [0.29, 0.717) is 11.3 Å². The Hall–Kier alpha value is -2.82. The molecule has 0 aliphatic heterocycles. The van der Waals surface area contributed by atoms with E-state index >= 15 is 0 Å². The molecule has 2 rings (SSSR count). The molecule has 0 aliphatic carbocycles. The summed E-state index contributed by atoms with van der Waals surface area (Å²) in [5.41, 5.74) is 1.88. The first-order valence-electron chi connectivity index (χ1n) is 7.46. The Labute approximate surface area is 135 Å². The minimum Gasteiger partial charge on any atom is -0.506 e. The van der Waals surface area contributed by atoms with E-state index in [-0.39, 0.29) is 18.1 Å². The van der Waals surface area contributed by atoms with Crippen molar-refractivity contribution < 1.29 is 14.7 Å². The second-order valence-corrected chi connectivity index (χ2v) is 5.27. The number of benzene rings is 2. The zero-order valence-electron chi connectivity index (χ0n) is 13.2. The summed E-state index contributed by atoms with van der Waals surface area (Å²) in [6, 6.07) is 13.2. The zero-order chi connectivity index (χ0) is 16.8. The molecule has 23 heavy (non-hydrogen) atoms. The lowest BCUT2D eigenvalue weighted by Gasteiger charge is -2.19. The highest BCUT2D eigenvalue weighted by Crippen LogP contribution is 2.25. The van der Waals surface area contributed by atoms with Gasteiger partial charge in [0, 0.05) is 6.42 Å². The highest BCUT2D eigenvalue weighted by atomic mass is 16.3. The molecule has 0 saturated heterocycles. The van der Waals surface area contributed by atoms with Gasteiger partial charge in [0.25, 0.3) is 5.91 Å². The summed E-state index contributed by atoms with van der Waals surface area (Å²) >= 11 is 0. The van der Waals surface area contributed by atoms with Crippen LogP contribution in [0.2, 0.25) is 0 Å². The summed E-state index contributed by atoms with van der Waals surface area (Å²) in [7, 11) is 0. The molecule has 0 heterocycles. The maximum absolute atomic E-state index is 12.6. The van der Waals surface area contributed by atoms with Crippen molar-refractivity contribution in [1.29, 1.82) is 0 Å². The van der Waals surface area contributed by atoms with E-state index in [2.05, 4.69) is 10.6 Å². The van der Waals surface area contributed by atoms with Crippen LogP contribution < -0.4 is 10.6 Å². The zero-order valence-corrected chi connectivity index (χ0v) is 13.2. The quantitative estimate of drug-likeness (QED) is 0.743. The predicted octanol–water partition coefficient (Wildman–Crippen LogP) is 2.91. The minimum atomic E-state index is -0.815. The fourth-order valence-corrected chi connectivity index (χ4v) is 2.16. The van der Waals surface area contributed by atoms with Crippen molar-refractivity contribution in [1.82, 2.24) is 5.32 Å². The third-order valence-electron chi connectivity index (χ3n) is 3.43. The van der Waals surface area contributed by atoms with Crippen LogP contribution in [0.25, 0.3) is 0 Å². The maximum Gasteiger partial charge on any atom is 0.251 e. The summed E-state index contributed by atoms with van der Waals surface area (Å²) in [4.78, 5) is 24.3. The van der Waals surface area contributed by atoms with Crippen molar-refractivity contribution in [2.45, 2.75) is 26.3 Å². The van der Waals surface area contributed by atoms with Gasteiger partial charge in [0.2, 0.25) is 5.91 Å². The fourth-order valence-electron chi connectivity index (χ4n) is 2.16. The highest BCUT2D eigenvalue weighted by molar-refractivity contribution is 5.98. The Morgan fingerprint density at radius 3 is 2.43 bits per heavy atom. The van der Waals surface area contributed by atoms with E-state index in [1.807, 2.05) is 13.0 Å². The number of nitrogens with one attached hydrogen (secondary N) is 2. The lowest BCUT2D eigenvalue weighted by Crippen LogP contribution is -2.36. The number of hydrogen-bond donors (Lipinski definition) is 3. The number of rotatable bonds is 5. The number of anilines is 1. The average molecular weight is 312 g/mol. The van der Waals surface area contributed by atoms with E-state index in [0.717, 1.165) is 5.56 Å². The van der Waals surface area contributed by atoms with Gasteiger partial charge in [-0.15, -0.1) is 0 Å². The molecular formula is C18H20N2O3. The minimum absolute atomic E-state index is 0.00743. The SMILES string of the molecule is CCC(=O)N[C@H](C(=O)Nc1ccc(C)cc1O)c1ccccc1. The first-order valence-corrected chi connectivity index (χ1v) is 7.46. The Morgan fingerprint density at radius 1 is 1.13 bits per heavy atom. The number of phenols is 1. The van der Waals surface area contributed by atoms with Crippen LogP contribution in [0, 0.1) is 6.92 Å². The molecular weight excluding hydrogens is 292 g/mol. The van der Waals surface area contributed by atoms with E-state index in [1.165, 1.54) is 0 Å². The maximum atomic E-state index is 12.6. The normalized spacial score (nSPS) is 11.6. The van der Waals surface area contributed by atoms with Gasteiger partial charge < -0.3 is 15.7 Å². The molecule has 5 heteroatoms. The van der Waals surface area contributed by atoms with Gasteiger partial charge in [0.05, 0.1) is 5.69 Å². The number of amides is 2. The van der Waals surface area contributed by atoms with Crippen LogP contribution in [0.1, 0.15) is 30.5 Å². The third kappa shape index (κ3) is 4.32. The van der Waals surface area contributed by atoms with Crippen molar-refractivity contribution >= 4 is 17.5 Å². The second kappa shape index (κ2) is 7.45. The molecule has 0 spiro atoms. The Balaban J connectivity index is 2.24. The third-order valence-corrected chi connectivity index (χ3v) is 3.43. The first kappa shape index (κ1) is 16.5. The largest absolute Gasteiger partial charge is 0.506 e. The van der Waals surface area contributed by atoms with Crippen LogP contribution in [0.3, 0.4) is 0 Å². The van der Waals surface area contributed by atoms with E-state index in [9.17, 15) is 14.7 Å². The van der Waals surface area contributed by atoms with E-state index < -0.39 is 11.9 Å². The molecule has 2 aromatic carbocycles. The van der Waals surface area contributed by atoms with Crippen LogP contribution >= 0.6 is 0 Å². The van der Waals surface area contributed by atoms with Gasteiger partial charge in [-0.25, -0.2) is 0 Å². The lowest BCUT2D eigenvalue weighted by atomic mass is 10.1.